The van der Waals surface area contributed by atoms with Gasteiger partial charge in [0.15, 0.2) is 0 Å². The number of nitrogens with zero attached hydrogens (tertiary/aromatic N) is 1. The van der Waals surface area contributed by atoms with Gasteiger partial charge in [-0.05, 0) is 46.0 Å². The maximum atomic E-state index is 13.1. The average Bonchev–Trinajstić information content (AvgIpc) is 2.79. The molecular weight excluding hydrogens is 466 g/mol. The van der Waals surface area contributed by atoms with Crippen LogP contribution >= 0.6 is 0 Å². The summed E-state index contributed by atoms with van der Waals surface area (Å²) >= 11 is 0. The molecule has 0 fully saturated rings. The van der Waals surface area contributed by atoms with Crippen molar-refractivity contribution in [3.63, 3.8) is 0 Å². The van der Waals surface area contributed by atoms with E-state index in [1.54, 1.807) is 13.8 Å². The fourth-order valence-corrected chi connectivity index (χ4v) is 3.42. The quantitative estimate of drug-likeness (QED) is 0.0643. The van der Waals surface area contributed by atoms with Gasteiger partial charge in [0.25, 0.3) is 0 Å². The molecule has 0 radical (unpaired) electrons. The van der Waals surface area contributed by atoms with Gasteiger partial charge < -0.3 is 20.7 Å². The summed E-state index contributed by atoms with van der Waals surface area (Å²) < 4.78 is 5.22. The van der Waals surface area contributed by atoms with Crippen molar-refractivity contribution in [2.24, 2.45) is 0 Å². The molecule has 204 valence electrons. The van der Waals surface area contributed by atoms with E-state index in [1.165, 1.54) is 6.92 Å². The molecule has 0 heterocycles. The summed E-state index contributed by atoms with van der Waals surface area (Å²) in [5.74, 6) is -2.05. The van der Waals surface area contributed by atoms with Gasteiger partial charge in [-0.15, -0.1) is 0 Å². The van der Waals surface area contributed by atoms with E-state index in [4.69, 9.17) is 10.3 Å². The second-order valence-electron chi connectivity index (χ2n) is 9.07. The normalized spacial score (nSPS) is 12.1. The van der Waals surface area contributed by atoms with Crippen molar-refractivity contribution in [2.45, 2.75) is 117 Å². The van der Waals surface area contributed by atoms with Crippen LogP contribution in [0, 0.1) is 5.53 Å². The van der Waals surface area contributed by atoms with Crippen LogP contribution in [-0.2, 0) is 28.7 Å². The Morgan fingerprint density at radius 3 is 2.19 bits per heavy atom. The van der Waals surface area contributed by atoms with E-state index in [0.717, 1.165) is 38.3 Å². The minimum Gasteiger partial charge on any atom is -0.461 e. The third-order valence-electron chi connectivity index (χ3n) is 5.29. The molecule has 0 rings (SSSR count). The first-order valence-electron chi connectivity index (χ1n) is 12.9. The second kappa shape index (κ2) is 20.2. The number of unbranched alkanes of at least 4 members (excludes halogenated alkanes) is 5. The van der Waals surface area contributed by atoms with Crippen LogP contribution in [-0.4, -0.2) is 65.2 Å². The molecular formula is C25H44N5O6+. The molecule has 0 aliphatic carbocycles. The van der Waals surface area contributed by atoms with Crippen molar-refractivity contribution in [3.05, 3.63) is 0 Å². The monoisotopic (exact) mass is 510 g/mol. The third kappa shape index (κ3) is 17.4. The number of nitrogens with one attached hydrogen (secondary N) is 4. The number of rotatable bonds is 20. The largest absolute Gasteiger partial charge is 0.461 e. The molecule has 0 bridgehead atoms. The first-order valence-corrected chi connectivity index (χ1v) is 12.9. The van der Waals surface area contributed by atoms with Crippen LogP contribution in [0.25, 0.3) is 0 Å². The minimum atomic E-state index is -1.09. The molecule has 4 N–H and O–H groups in total. The number of hydrogen-bond donors (Lipinski definition) is 4. The Labute approximate surface area is 214 Å². The third-order valence-corrected chi connectivity index (χ3v) is 5.29. The highest BCUT2D eigenvalue weighted by Gasteiger charge is 2.28. The number of carbonyl (C=O) groups excluding carboxylic acids is 5. The Balaban J connectivity index is 5.24. The van der Waals surface area contributed by atoms with Crippen LogP contribution in [0.2, 0.25) is 0 Å². The van der Waals surface area contributed by atoms with Crippen LogP contribution in [0.15, 0.2) is 0 Å². The number of Topliss-reactive ketones (excluding diaryl/α,β-unsaturated/α-hetero) is 1. The molecule has 0 aliphatic heterocycles. The first-order chi connectivity index (χ1) is 17.1. The van der Waals surface area contributed by atoms with E-state index in [1.807, 2.05) is 0 Å². The highest BCUT2D eigenvalue weighted by molar-refractivity contribution is 6.25. The van der Waals surface area contributed by atoms with Crippen molar-refractivity contribution in [2.75, 3.05) is 6.54 Å². The van der Waals surface area contributed by atoms with Crippen LogP contribution in [0.3, 0.4) is 0 Å². The molecule has 0 aliphatic rings. The number of hydrogen-bond acceptors (Lipinski definition) is 7. The molecule has 36 heavy (non-hydrogen) atoms. The van der Waals surface area contributed by atoms with E-state index in [9.17, 15) is 24.0 Å². The molecule has 0 aromatic rings. The van der Waals surface area contributed by atoms with E-state index in [2.05, 4.69) is 27.7 Å². The fourth-order valence-electron chi connectivity index (χ4n) is 3.42. The fraction of sp³-hybridized carbons (Fsp3) is 0.760. The summed E-state index contributed by atoms with van der Waals surface area (Å²) in [4.78, 5) is 63.9. The van der Waals surface area contributed by atoms with Crippen molar-refractivity contribution in [1.29, 1.82) is 5.53 Å². The van der Waals surface area contributed by atoms with Gasteiger partial charge in [0.2, 0.25) is 23.5 Å². The minimum absolute atomic E-state index is 0.0250. The standard InChI is InChI=1S/C25H43N5O6/c1-5-6-7-8-9-13-23(33)29-21(12-10-11-16-27-19(4)31)24(34)30-22(25(35)36-18(2)3)15-14-20(32)17-28-26/h17-18,21-22,26H,5-16H2,1-4H3,(H2-,27,29,30,31,33,34)/p+1/t21-,22-/m0/s1. The molecule has 2 atom stereocenters. The summed E-state index contributed by atoms with van der Waals surface area (Å²) in [6.45, 7) is 7.34. The Bertz CT molecular complexity index is 764. The van der Waals surface area contributed by atoms with Crippen LogP contribution in [0.1, 0.15) is 98.3 Å². The molecule has 11 heteroatoms. The Morgan fingerprint density at radius 1 is 0.889 bits per heavy atom. The van der Waals surface area contributed by atoms with E-state index in [-0.39, 0.29) is 24.7 Å². The lowest BCUT2D eigenvalue weighted by Gasteiger charge is -2.23. The lowest BCUT2D eigenvalue weighted by molar-refractivity contribution is -0.152. The zero-order chi connectivity index (χ0) is 27.3. The lowest BCUT2D eigenvalue weighted by Crippen LogP contribution is -2.52. The molecule has 0 saturated heterocycles. The highest BCUT2D eigenvalue weighted by atomic mass is 16.5. The molecule has 0 saturated carbocycles. The average molecular weight is 511 g/mol. The van der Waals surface area contributed by atoms with Crippen LogP contribution in [0.4, 0.5) is 0 Å². The van der Waals surface area contributed by atoms with Crippen LogP contribution in [0.5, 0.6) is 0 Å². The summed E-state index contributed by atoms with van der Waals surface area (Å²) in [7, 11) is 0. The predicted molar refractivity (Wildman–Crippen MR) is 134 cm³/mol. The Hall–Kier alpha value is -3.07. The van der Waals surface area contributed by atoms with Gasteiger partial charge in [-0.1, -0.05) is 32.6 Å². The topological polar surface area (TPSA) is 169 Å². The van der Waals surface area contributed by atoms with Crippen molar-refractivity contribution in [1.82, 2.24) is 16.0 Å². The van der Waals surface area contributed by atoms with Gasteiger partial charge in [0, 0.05) is 26.3 Å². The SMILES string of the molecule is CCCCCCCC(=O)N[C@@H](CCCCNC(C)=O)C(=O)N[C@@H](CCC(=O)C=[N+]=N)C(=O)OC(C)C. The maximum absolute atomic E-state index is 13.1. The molecule has 0 aromatic heterocycles. The van der Waals surface area contributed by atoms with Gasteiger partial charge in [0.05, 0.1) is 16.4 Å². The molecule has 0 spiro atoms. The van der Waals surface area contributed by atoms with Gasteiger partial charge in [-0.25, -0.2) is 4.79 Å². The van der Waals surface area contributed by atoms with E-state index >= 15 is 0 Å². The van der Waals surface area contributed by atoms with Gasteiger partial charge in [-0.3, -0.25) is 19.2 Å². The smallest absolute Gasteiger partial charge is 0.372 e. The Kier molecular flexibility index (Phi) is 18.4. The summed E-state index contributed by atoms with van der Waals surface area (Å²) in [5.41, 5.74) is 6.75. The number of carbonyl (C=O) groups is 5. The predicted octanol–water partition coefficient (Wildman–Crippen LogP) is 2.23. The maximum Gasteiger partial charge on any atom is 0.372 e. The van der Waals surface area contributed by atoms with Crippen molar-refractivity contribution >= 4 is 35.7 Å². The number of amides is 3. The second-order valence-corrected chi connectivity index (χ2v) is 9.07. The molecule has 0 aromatic carbocycles. The van der Waals surface area contributed by atoms with Gasteiger partial charge in [0.1, 0.15) is 12.1 Å². The molecule has 11 nitrogen and oxygen atoms in total. The summed E-state index contributed by atoms with van der Waals surface area (Å²) in [6, 6.07) is -1.96. The lowest BCUT2D eigenvalue weighted by atomic mass is 10.0. The highest BCUT2D eigenvalue weighted by Crippen LogP contribution is 2.09. The Morgan fingerprint density at radius 2 is 1.58 bits per heavy atom. The number of esters is 1. The van der Waals surface area contributed by atoms with E-state index < -0.39 is 35.8 Å². The van der Waals surface area contributed by atoms with E-state index in [0.29, 0.717) is 32.2 Å². The molecule has 0 unspecified atom stereocenters. The molecule has 3 amide bonds. The zero-order valence-electron chi connectivity index (χ0n) is 22.2. The zero-order valence-corrected chi connectivity index (χ0v) is 22.2. The van der Waals surface area contributed by atoms with Gasteiger partial charge >= 0.3 is 12.2 Å². The van der Waals surface area contributed by atoms with Crippen molar-refractivity contribution < 1.29 is 33.5 Å². The van der Waals surface area contributed by atoms with Crippen LogP contribution < -0.4 is 16.0 Å². The summed E-state index contributed by atoms with van der Waals surface area (Å²) in [6.07, 6.45) is 7.05. The first kappa shape index (κ1) is 32.9. The number of ketones is 1. The van der Waals surface area contributed by atoms with Crippen molar-refractivity contribution in [3.8, 4) is 0 Å². The summed E-state index contributed by atoms with van der Waals surface area (Å²) in [5, 5.41) is 8.09. The number of ether oxygens (including phenoxy) is 1. The van der Waals surface area contributed by atoms with Gasteiger partial charge in [-0.2, -0.15) is 0 Å².